The lowest BCUT2D eigenvalue weighted by Crippen LogP contribution is -2.32. The summed E-state index contributed by atoms with van der Waals surface area (Å²) in [5.41, 5.74) is 1.88. The average Bonchev–Trinajstić information content (AvgIpc) is 3.06. The number of nitrogens with zero attached hydrogens (tertiary/aromatic N) is 3. The van der Waals surface area contributed by atoms with Crippen molar-refractivity contribution in [2.45, 2.75) is 33.4 Å². The van der Waals surface area contributed by atoms with Crippen molar-refractivity contribution in [3.05, 3.63) is 54.6 Å². The van der Waals surface area contributed by atoms with Crippen LogP contribution < -0.4 is 10.1 Å². The third-order valence-electron chi connectivity index (χ3n) is 4.85. The predicted molar refractivity (Wildman–Crippen MR) is 113 cm³/mol. The summed E-state index contributed by atoms with van der Waals surface area (Å²) < 4.78 is 7.81. The third-order valence-corrected chi connectivity index (χ3v) is 4.85. The SMILES string of the molecule is CCN(CC)CCn1c(NC(=O)C(C)Oc2ccccc2)nc2ccccc21. The molecule has 0 aliphatic carbocycles. The number of hydrogen-bond acceptors (Lipinski definition) is 4. The summed E-state index contributed by atoms with van der Waals surface area (Å²) in [5.74, 6) is 1.00. The number of carbonyl (C=O) groups excluding carboxylic acids is 1. The molecular weight excluding hydrogens is 352 g/mol. The summed E-state index contributed by atoms with van der Waals surface area (Å²) in [6, 6.07) is 17.3. The maximum atomic E-state index is 12.7. The fraction of sp³-hybridized carbons (Fsp3) is 0.364. The molecule has 1 heterocycles. The fourth-order valence-corrected chi connectivity index (χ4v) is 3.15. The second-order valence-electron chi connectivity index (χ2n) is 6.67. The molecule has 2 aromatic carbocycles. The number of fused-ring (bicyclic) bond motifs is 1. The molecule has 28 heavy (non-hydrogen) atoms. The van der Waals surface area contributed by atoms with E-state index in [1.54, 1.807) is 6.92 Å². The van der Waals surface area contributed by atoms with Crippen LogP contribution in [0.1, 0.15) is 20.8 Å². The van der Waals surface area contributed by atoms with E-state index in [1.807, 2.05) is 54.6 Å². The lowest BCUT2D eigenvalue weighted by molar-refractivity contribution is -0.122. The molecule has 0 radical (unpaired) electrons. The molecular formula is C22H28N4O2. The second-order valence-corrected chi connectivity index (χ2v) is 6.67. The Bertz CT molecular complexity index is 903. The van der Waals surface area contributed by atoms with Crippen LogP contribution in [0.5, 0.6) is 5.75 Å². The van der Waals surface area contributed by atoms with Gasteiger partial charge in [0.25, 0.3) is 5.91 Å². The van der Waals surface area contributed by atoms with E-state index in [9.17, 15) is 4.79 Å². The van der Waals surface area contributed by atoms with Crippen LogP contribution in [0.3, 0.4) is 0 Å². The van der Waals surface area contributed by atoms with Gasteiger partial charge in [-0.05, 0) is 44.3 Å². The number of para-hydroxylation sites is 3. The number of likely N-dealkylation sites (N-methyl/N-ethyl adjacent to an activating group) is 1. The normalized spacial score (nSPS) is 12.3. The lowest BCUT2D eigenvalue weighted by Gasteiger charge is -2.20. The van der Waals surface area contributed by atoms with E-state index in [4.69, 9.17) is 4.74 Å². The molecule has 3 rings (SSSR count). The molecule has 0 fully saturated rings. The fourth-order valence-electron chi connectivity index (χ4n) is 3.15. The van der Waals surface area contributed by atoms with Crippen molar-refractivity contribution in [3.8, 4) is 5.75 Å². The first-order valence-corrected chi connectivity index (χ1v) is 9.82. The smallest absolute Gasteiger partial charge is 0.267 e. The molecule has 0 aliphatic rings. The Morgan fingerprint density at radius 3 is 2.50 bits per heavy atom. The van der Waals surface area contributed by atoms with Crippen molar-refractivity contribution in [2.24, 2.45) is 0 Å². The lowest BCUT2D eigenvalue weighted by atomic mass is 10.3. The first kappa shape index (κ1) is 19.9. The monoisotopic (exact) mass is 380 g/mol. The van der Waals surface area contributed by atoms with Crippen molar-refractivity contribution in [1.82, 2.24) is 14.5 Å². The van der Waals surface area contributed by atoms with E-state index in [-0.39, 0.29) is 5.91 Å². The van der Waals surface area contributed by atoms with Gasteiger partial charge in [0, 0.05) is 13.1 Å². The summed E-state index contributed by atoms with van der Waals surface area (Å²) in [6.45, 7) is 9.68. The van der Waals surface area contributed by atoms with Crippen molar-refractivity contribution in [1.29, 1.82) is 0 Å². The molecule has 1 amide bonds. The van der Waals surface area contributed by atoms with Crippen molar-refractivity contribution >= 4 is 22.9 Å². The number of nitrogens with one attached hydrogen (secondary N) is 1. The standard InChI is InChI=1S/C22H28N4O2/c1-4-25(5-2)15-16-26-20-14-10-9-13-19(20)23-22(26)24-21(27)17(3)28-18-11-7-6-8-12-18/h6-14,17H,4-5,15-16H2,1-3H3,(H,23,24,27). The van der Waals surface area contributed by atoms with E-state index >= 15 is 0 Å². The van der Waals surface area contributed by atoms with Crippen LogP contribution in [-0.2, 0) is 11.3 Å². The second kappa shape index (κ2) is 9.37. The molecule has 1 aromatic heterocycles. The summed E-state index contributed by atoms with van der Waals surface area (Å²) in [7, 11) is 0. The third kappa shape index (κ3) is 4.70. The van der Waals surface area contributed by atoms with Gasteiger partial charge < -0.3 is 14.2 Å². The van der Waals surface area contributed by atoms with Gasteiger partial charge in [-0.2, -0.15) is 0 Å². The Morgan fingerprint density at radius 1 is 1.11 bits per heavy atom. The van der Waals surface area contributed by atoms with Crippen molar-refractivity contribution < 1.29 is 9.53 Å². The topological polar surface area (TPSA) is 59.4 Å². The molecule has 1 N–H and O–H groups in total. The molecule has 148 valence electrons. The number of anilines is 1. The Kier molecular flexibility index (Phi) is 6.66. The number of imidazole rings is 1. The van der Waals surface area contributed by atoms with Gasteiger partial charge in [-0.25, -0.2) is 4.98 Å². The van der Waals surface area contributed by atoms with Gasteiger partial charge in [0.15, 0.2) is 6.10 Å². The molecule has 0 bridgehead atoms. The van der Waals surface area contributed by atoms with Gasteiger partial charge >= 0.3 is 0 Å². The maximum Gasteiger partial charge on any atom is 0.267 e. The van der Waals surface area contributed by atoms with Crippen LogP contribution in [0, 0.1) is 0 Å². The van der Waals surface area contributed by atoms with Crippen LogP contribution >= 0.6 is 0 Å². The zero-order valence-corrected chi connectivity index (χ0v) is 16.8. The molecule has 0 saturated heterocycles. The summed E-state index contributed by atoms with van der Waals surface area (Å²) in [6.07, 6.45) is -0.626. The van der Waals surface area contributed by atoms with Gasteiger partial charge in [-0.1, -0.05) is 44.2 Å². The van der Waals surface area contributed by atoms with E-state index in [1.165, 1.54) is 0 Å². The Morgan fingerprint density at radius 2 is 1.79 bits per heavy atom. The molecule has 0 spiro atoms. The van der Waals surface area contributed by atoms with Crippen LogP contribution in [0.2, 0.25) is 0 Å². The van der Waals surface area contributed by atoms with E-state index in [2.05, 4.69) is 33.6 Å². The first-order valence-electron chi connectivity index (χ1n) is 9.82. The quantitative estimate of drug-likeness (QED) is 0.614. The van der Waals surface area contributed by atoms with Gasteiger partial charge in [0.1, 0.15) is 5.75 Å². The highest BCUT2D eigenvalue weighted by atomic mass is 16.5. The molecule has 1 unspecified atom stereocenters. The van der Waals surface area contributed by atoms with E-state index in [0.717, 1.165) is 37.2 Å². The maximum absolute atomic E-state index is 12.7. The highest BCUT2D eigenvalue weighted by molar-refractivity contribution is 5.94. The number of benzene rings is 2. The zero-order valence-electron chi connectivity index (χ0n) is 16.8. The van der Waals surface area contributed by atoms with E-state index in [0.29, 0.717) is 11.7 Å². The van der Waals surface area contributed by atoms with E-state index < -0.39 is 6.10 Å². The minimum atomic E-state index is -0.626. The Hall–Kier alpha value is -2.86. The van der Waals surface area contributed by atoms with Gasteiger partial charge in [0.2, 0.25) is 5.95 Å². The molecule has 0 aliphatic heterocycles. The van der Waals surface area contributed by atoms with Crippen LogP contribution in [0.4, 0.5) is 5.95 Å². The number of hydrogen-bond donors (Lipinski definition) is 1. The highest BCUT2D eigenvalue weighted by Crippen LogP contribution is 2.20. The molecule has 0 saturated carbocycles. The van der Waals surface area contributed by atoms with Crippen LogP contribution in [0.25, 0.3) is 11.0 Å². The number of aromatic nitrogens is 2. The molecule has 6 nitrogen and oxygen atoms in total. The van der Waals surface area contributed by atoms with Crippen LogP contribution in [-0.4, -0.2) is 46.1 Å². The molecule has 6 heteroatoms. The van der Waals surface area contributed by atoms with Crippen molar-refractivity contribution in [2.75, 3.05) is 25.0 Å². The minimum Gasteiger partial charge on any atom is -0.481 e. The predicted octanol–water partition coefficient (Wildman–Crippen LogP) is 3.78. The number of carbonyl (C=O) groups is 1. The summed E-state index contributed by atoms with van der Waals surface area (Å²) in [4.78, 5) is 19.7. The van der Waals surface area contributed by atoms with Crippen molar-refractivity contribution in [3.63, 3.8) is 0 Å². The molecule has 3 aromatic rings. The summed E-state index contributed by atoms with van der Waals surface area (Å²) >= 11 is 0. The highest BCUT2D eigenvalue weighted by Gasteiger charge is 2.19. The minimum absolute atomic E-state index is 0.219. The van der Waals surface area contributed by atoms with Gasteiger partial charge in [-0.15, -0.1) is 0 Å². The molecule has 1 atom stereocenters. The van der Waals surface area contributed by atoms with Crippen LogP contribution in [0.15, 0.2) is 54.6 Å². The van der Waals surface area contributed by atoms with Gasteiger partial charge in [-0.3, -0.25) is 10.1 Å². The Labute approximate surface area is 166 Å². The average molecular weight is 380 g/mol. The summed E-state index contributed by atoms with van der Waals surface area (Å²) in [5, 5.41) is 2.95. The van der Waals surface area contributed by atoms with Gasteiger partial charge in [0.05, 0.1) is 11.0 Å². The largest absolute Gasteiger partial charge is 0.481 e. The zero-order chi connectivity index (χ0) is 19.9. The number of amides is 1. The number of rotatable bonds is 9. The Balaban J connectivity index is 1.77. The number of ether oxygens (including phenoxy) is 1. The first-order chi connectivity index (χ1) is 13.6.